The molecule has 0 radical (unpaired) electrons. The van der Waals surface area contributed by atoms with E-state index in [-0.39, 0.29) is 0 Å². The molecule has 0 unspecified atom stereocenters. The third-order valence-electron chi connectivity index (χ3n) is 1.96. The van der Waals surface area contributed by atoms with E-state index >= 15 is 0 Å². The highest BCUT2D eigenvalue weighted by Crippen LogP contribution is 2.11. The fourth-order valence-electron chi connectivity index (χ4n) is 1.38. The number of nitrogens with one attached hydrogen (secondary N) is 1. The second kappa shape index (κ2) is 1.85. The molecular weight excluding hydrogens is 152 g/mol. The van der Waals surface area contributed by atoms with Crippen molar-refractivity contribution in [1.29, 1.82) is 0 Å². The number of aromatic amines is 1. The summed E-state index contributed by atoms with van der Waals surface area (Å²) in [5.41, 5.74) is 2.91. The van der Waals surface area contributed by atoms with Crippen molar-refractivity contribution in [2.75, 3.05) is 0 Å². The van der Waals surface area contributed by atoms with Crippen LogP contribution in [0.15, 0.2) is 30.7 Å². The van der Waals surface area contributed by atoms with Crippen LogP contribution in [-0.2, 0) is 0 Å². The summed E-state index contributed by atoms with van der Waals surface area (Å²) in [6.45, 7) is 0. The lowest BCUT2D eigenvalue weighted by Crippen LogP contribution is -1.86. The lowest BCUT2D eigenvalue weighted by Gasteiger charge is -1.93. The van der Waals surface area contributed by atoms with Crippen LogP contribution in [0.1, 0.15) is 0 Å². The average Bonchev–Trinajstić information content (AvgIpc) is 2.71. The summed E-state index contributed by atoms with van der Waals surface area (Å²) in [5.74, 6) is 0. The summed E-state index contributed by atoms with van der Waals surface area (Å²) >= 11 is 0. The molecule has 4 nitrogen and oxygen atoms in total. The number of hydrogen-bond donors (Lipinski definition) is 1. The van der Waals surface area contributed by atoms with E-state index in [2.05, 4.69) is 15.2 Å². The monoisotopic (exact) mass is 158 g/mol. The number of H-pyrrole nitrogens is 1. The molecule has 1 N–H and O–H groups in total. The van der Waals surface area contributed by atoms with Crippen LogP contribution >= 0.6 is 0 Å². The molecule has 0 saturated heterocycles. The highest BCUT2D eigenvalue weighted by Gasteiger charge is 2.00. The molecular formula is C8H6N4. The van der Waals surface area contributed by atoms with Crippen molar-refractivity contribution in [2.24, 2.45) is 0 Å². The standard InChI is InChI=1S/C8H6N4/c1-2-6-4-9-7-5-10-11-8(7)12(6)3-1/h1-5H,(H,10,11). The van der Waals surface area contributed by atoms with Gasteiger partial charge in [-0.05, 0) is 12.1 Å². The Hall–Kier alpha value is -1.84. The van der Waals surface area contributed by atoms with Crippen LogP contribution < -0.4 is 0 Å². The zero-order valence-electron chi connectivity index (χ0n) is 6.23. The van der Waals surface area contributed by atoms with Crippen LogP contribution in [-0.4, -0.2) is 19.6 Å². The van der Waals surface area contributed by atoms with Crippen LogP contribution in [0, 0.1) is 0 Å². The third kappa shape index (κ3) is 0.567. The number of hydrogen-bond acceptors (Lipinski definition) is 2. The van der Waals surface area contributed by atoms with E-state index in [9.17, 15) is 0 Å². The molecule has 3 aromatic heterocycles. The molecule has 0 saturated carbocycles. The number of aromatic nitrogens is 4. The summed E-state index contributed by atoms with van der Waals surface area (Å²) in [6.07, 6.45) is 5.53. The van der Waals surface area contributed by atoms with E-state index in [4.69, 9.17) is 0 Å². The van der Waals surface area contributed by atoms with Gasteiger partial charge in [0.2, 0.25) is 0 Å². The van der Waals surface area contributed by atoms with Gasteiger partial charge in [-0.2, -0.15) is 5.10 Å². The van der Waals surface area contributed by atoms with Crippen molar-refractivity contribution in [3.05, 3.63) is 30.7 Å². The SMILES string of the molecule is c1cc2cnc3cn[nH]c3n2c1. The zero-order valence-corrected chi connectivity index (χ0v) is 6.23. The topological polar surface area (TPSA) is 46.0 Å². The summed E-state index contributed by atoms with van der Waals surface area (Å²) in [4.78, 5) is 4.23. The maximum Gasteiger partial charge on any atom is 0.159 e. The van der Waals surface area contributed by atoms with E-state index in [0.717, 1.165) is 16.7 Å². The minimum Gasteiger partial charge on any atom is -0.299 e. The molecule has 3 rings (SSSR count). The van der Waals surface area contributed by atoms with Crippen LogP contribution in [0.5, 0.6) is 0 Å². The maximum absolute atomic E-state index is 4.23. The fraction of sp³-hybridized carbons (Fsp3) is 0. The first-order chi connectivity index (χ1) is 5.95. The molecule has 0 aliphatic heterocycles. The number of fused-ring (bicyclic) bond motifs is 3. The Labute approximate surface area is 67.8 Å². The molecule has 0 bridgehead atoms. The van der Waals surface area contributed by atoms with Gasteiger partial charge in [0.15, 0.2) is 5.65 Å². The molecule has 0 amide bonds. The van der Waals surface area contributed by atoms with E-state index in [1.807, 2.05) is 28.9 Å². The lowest BCUT2D eigenvalue weighted by molar-refractivity contribution is 1.08. The van der Waals surface area contributed by atoms with Gasteiger partial charge in [0, 0.05) is 6.20 Å². The van der Waals surface area contributed by atoms with Crippen LogP contribution in [0.3, 0.4) is 0 Å². The Kier molecular flexibility index (Phi) is 0.889. The minimum absolute atomic E-state index is 0.888. The summed E-state index contributed by atoms with van der Waals surface area (Å²) in [7, 11) is 0. The second-order valence-corrected chi connectivity index (χ2v) is 2.67. The smallest absolute Gasteiger partial charge is 0.159 e. The minimum atomic E-state index is 0.888. The van der Waals surface area contributed by atoms with Gasteiger partial charge in [0.05, 0.1) is 17.9 Å². The highest BCUT2D eigenvalue weighted by molar-refractivity contribution is 5.73. The van der Waals surface area contributed by atoms with Crippen molar-refractivity contribution in [3.63, 3.8) is 0 Å². The summed E-state index contributed by atoms with van der Waals surface area (Å²) < 4.78 is 2.02. The van der Waals surface area contributed by atoms with E-state index in [1.165, 1.54) is 0 Å². The average molecular weight is 158 g/mol. The van der Waals surface area contributed by atoms with Crippen molar-refractivity contribution in [3.8, 4) is 0 Å². The molecule has 0 spiro atoms. The van der Waals surface area contributed by atoms with Gasteiger partial charge in [0.1, 0.15) is 5.52 Å². The second-order valence-electron chi connectivity index (χ2n) is 2.67. The van der Waals surface area contributed by atoms with Crippen LogP contribution in [0.4, 0.5) is 0 Å². The van der Waals surface area contributed by atoms with Gasteiger partial charge in [-0.15, -0.1) is 0 Å². The highest BCUT2D eigenvalue weighted by atomic mass is 15.2. The molecule has 3 aromatic rings. The molecule has 3 heterocycles. The van der Waals surface area contributed by atoms with E-state index in [1.54, 1.807) is 6.20 Å². The first-order valence-electron chi connectivity index (χ1n) is 3.70. The molecule has 58 valence electrons. The molecule has 0 atom stereocenters. The van der Waals surface area contributed by atoms with Crippen molar-refractivity contribution < 1.29 is 0 Å². The van der Waals surface area contributed by atoms with Gasteiger partial charge >= 0.3 is 0 Å². The number of nitrogens with zero attached hydrogens (tertiary/aromatic N) is 3. The first-order valence-corrected chi connectivity index (χ1v) is 3.70. The molecule has 0 aliphatic carbocycles. The fourth-order valence-corrected chi connectivity index (χ4v) is 1.38. The maximum atomic E-state index is 4.23. The molecule has 12 heavy (non-hydrogen) atoms. The van der Waals surface area contributed by atoms with Gasteiger partial charge in [-0.3, -0.25) is 9.50 Å². The van der Waals surface area contributed by atoms with Crippen LogP contribution in [0.2, 0.25) is 0 Å². The van der Waals surface area contributed by atoms with E-state index < -0.39 is 0 Å². The molecule has 0 fully saturated rings. The largest absolute Gasteiger partial charge is 0.299 e. The van der Waals surface area contributed by atoms with Gasteiger partial charge < -0.3 is 0 Å². The van der Waals surface area contributed by atoms with E-state index in [0.29, 0.717) is 0 Å². The van der Waals surface area contributed by atoms with Crippen molar-refractivity contribution in [2.45, 2.75) is 0 Å². The number of rotatable bonds is 0. The predicted octanol–water partition coefficient (Wildman–Crippen LogP) is 1.21. The summed E-state index contributed by atoms with van der Waals surface area (Å²) in [6, 6.07) is 3.99. The normalized spacial score (nSPS) is 11.3. The Morgan fingerprint density at radius 1 is 1.33 bits per heavy atom. The first kappa shape index (κ1) is 5.77. The molecule has 0 aromatic carbocycles. The quantitative estimate of drug-likeness (QED) is 0.534. The van der Waals surface area contributed by atoms with Gasteiger partial charge in [-0.25, -0.2) is 4.98 Å². The molecule has 0 aliphatic rings. The third-order valence-corrected chi connectivity index (χ3v) is 1.96. The Morgan fingerprint density at radius 3 is 3.33 bits per heavy atom. The molecule has 4 heteroatoms. The zero-order chi connectivity index (χ0) is 7.97. The summed E-state index contributed by atoms with van der Waals surface area (Å²) in [5, 5.41) is 6.82. The van der Waals surface area contributed by atoms with Gasteiger partial charge in [0.25, 0.3) is 0 Å². The Bertz CT molecular complexity index is 484. The lowest BCUT2D eigenvalue weighted by atomic mass is 10.5. The van der Waals surface area contributed by atoms with Crippen molar-refractivity contribution >= 4 is 16.7 Å². The van der Waals surface area contributed by atoms with Crippen LogP contribution in [0.25, 0.3) is 16.7 Å². The Morgan fingerprint density at radius 2 is 2.33 bits per heavy atom. The van der Waals surface area contributed by atoms with Crippen molar-refractivity contribution in [1.82, 2.24) is 19.6 Å². The Balaban J connectivity index is 2.71. The predicted molar refractivity (Wildman–Crippen MR) is 44.8 cm³/mol. The van der Waals surface area contributed by atoms with Gasteiger partial charge in [-0.1, -0.05) is 0 Å².